The van der Waals surface area contributed by atoms with Crippen molar-refractivity contribution in [2.75, 3.05) is 0 Å². The Morgan fingerprint density at radius 3 is 2.11 bits per heavy atom. The highest BCUT2D eigenvalue weighted by atomic mass is 32.1. The van der Waals surface area contributed by atoms with Gasteiger partial charge in [0.1, 0.15) is 17.7 Å². The molecule has 3 atom stereocenters. The molecule has 2 amide bonds. The van der Waals surface area contributed by atoms with Crippen LogP contribution in [0.4, 0.5) is 0 Å². The second kappa shape index (κ2) is 17.5. The van der Waals surface area contributed by atoms with Crippen LogP contribution >= 0.6 is 11.3 Å². The van der Waals surface area contributed by atoms with E-state index in [1.165, 1.54) is 61.9 Å². The molecule has 8 nitrogen and oxygen atoms in total. The maximum Gasteiger partial charge on any atom is 0.328 e. The van der Waals surface area contributed by atoms with E-state index in [2.05, 4.69) is 44.4 Å². The lowest BCUT2D eigenvalue weighted by atomic mass is 9.70. The Morgan fingerprint density at radius 2 is 1.55 bits per heavy atom. The van der Waals surface area contributed by atoms with Crippen molar-refractivity contribution in [1.29, 1.82) is 0 Å². The second-order valence-corrected chi connectivity index (χ2v) is 18.3. The molecule has 5 rings (SSSR count). The predicted molar refractivity (Wildman–Crippen MR) is 215 cm³/mol. The standard InChI is InChI=1S/C44H60N4O4S/c1-9-10-29-11-15-31(16-12-29)32-19-21-33(22-20-32)35-26-45-39(46-27-35)34-17-13-30(14-18-34)25-36(40(49)47-28(2)42(51)52-44(6,7)8)48-41(50)37-23-24-38(53-37)43(3,4)5/h13-14,17-18,21,23-24,26-29,31-32,36H,9-12,15-16,19-20,22,25H2,1-8H3,(H,47,49)(H,48,50)/t28?,29?,31?,32?,36-/m0/s1. The summed E-state index contributed by atoms with van der Waals surface area (Å²) in [6, 6.07) is 9.68. The largest absolute Gasteiger partial charge is 0.458 e. The number of hydrogen-bond acceptors (Lipinski definition) is 7. The molecular formula is C44H60N4O4S. The Labute approximate surface area is 321 Å². The molecule has 0 saturated heterocycles. The van der Waals surface area contributed by atoms with Crippen molar-refractivity contribution >= 4 is 34.7 Å². The van der Waals surface area contributed by atoms with Crippen LogP contribution in [0.5, 0.6) is 0 Å². The monoisotopic (exact) mass is 740 g/mol. The summed E-state index contributed by atoms with van der Waals surface area (Å²) in [4.78, 5) is 50.7. The molecular weight excluding hydrogens is 681 g/mol. The molecule has 2 heterocycles. The number of allylic oxidation sites excluding steroid dienone is 2. The van der Waals surface area contributed by atoms with Crippen molar-refractivity contribution < 1.29 is 19.1 Å². The van der Waals surface area contributed by atoms with Gasteiger partial charge in [0, 0.05) is 34.8 Å². The number of ether oxygens (including phenoxy) is 1. The normalized spacial score (nSPS) is 20.5. The number of carbonyl (C=O) groups is 3. The molecule has 2 aliphatic carbocycles. The first-order valence-electron chi connectivity index (χ1n) is 19.6. The number of rotatable bonds is 12. The highest BCUT2D eigenvalue weighted by molar-refractivity contribution is 7.14. The summed E-state index contributed by atoms with van der Waals surface area (Å²) in [5.74, 6) is 1.95. The number of nitrogens with one attached hydrogen (secondary N) is 2. The van der Waals surface area contributed by atoms with Gasteiger partial charge in [0.25, 0.3) is 5.91 Å². The number of benzene rings is 1. The topological polar surface area (TPSA) is 110 Å². The van der Waals surface area contributed by atoms with E-state index >= 15 is 0 Å². The van der Waals surface area contributed by atoms with Crippen LogP contribution in [0.15, 0.2) is 54.9 Å². The summed E-state index contributed by atoms with van der Waals surface area (Å²) in [6.07, 6.45) is 18.4. The number of carbonyl (C=O) groups excluding carboxylic acids is 3. The van der Waals surface area contributed by atoms with Crippen LogP contribution in [0.1, 0.15) is 139 Å². The van der Waals surface area contributed by atoms with Crippen LogP contribution in [-0.4, -0.2) is 45.4 Å². The van der Waals surface area contributed by atoms with Crippen LogP contribution in [-0.2, 0) is 26.2 Å². The summed E-state index contributed by atoms with van der Waals surface area (Å²) in [7, 11) is 0. The van der Waals surface area contributed by atoms with Crippen LogP contribution in [0.25, 0.3) is 17.0 Å². The third-order valence-electron chi connectivity index (χ3n) is 10.7. The van der Waals surface area contributed by atoms with Crippen LogP contribution in [0.2, 0.25) is 0 Å². The molecule has 0 bridgehead atoms. The van der Waals surface area contributed by atoms with Gasteiger partial charge in [-0.2, -0.15) is 0 Å². The highest BCUT2D eigenvalue weighted by Crippen LogP contribution is 2.42. The lowest BCUT2D eigenvalue weighted by Gasteiger charge is -2.35. The first-order chi connectivity index (χ1) is 25.1. The SMILES string of the molecule is CCCC1CCC(C2CC=C(c3cnc(-c4ccc(C[C@H](NC(=O)c5ccc(C(C)(C)C)s5)C(=O)NC(C)C(=O)OC(C)(C)C)cc4)nc3)CC2)CC1. The third kappa shape index (κ3) is 11.3. The zero-order chi connectivity index (χ0) is 38.3. The summed E-state index contributed by atoms with van der Waals surface area (Å²) in [6.45, 7) is 15.5. The quantitative estimate of drug-likeness (QED) is 0.179. The summed E-state index contributed by atoms with van der Waals surface area (Å²) in [5.41, 5.74) is 3.38. The Bertz CT molecular complexity index is 1720. The Hall–Kier alpha value is -3.85. The van der Waals surface area contributed by atoms with E-state index in [0.717, 1.165) is 52.2 Å². The lowest BCUT2D eigenvalue weighted by molar-refractivity contribution is -0.158. The van der Waals surface area contributed by atoms with E-state index in [1.54, 1.807) is 33.8 Å². The number of aromatic nitrogens is 2. The minimum absolute atomic E-state index is 0.0992. The van der Waals surface area contributed by atoms with Gasteiger partial charge in [-0.3, -0.25) is 9.59 Å². The van der Waals surface area contributed by atoms with Crippen molar-refractivity contribution in [3.63, 3.8) is 0 Å². The molecule has 3 aromatic rings. The van der Waals surface area contributed by atoms with E-state index in [4.69, 9.17) is 14.7 Å². The molecule has 1 aromatic carbocycles. The Kier molecular flexibility index (Phi) is 13.3. The molecule has 2 unspecified atom stereocenters. The predicted octanol–water partition coefficient (Wildman–Crippen LogP) is 9.48. The number of hydrogen-bond donors (Lipinski definition) is 2. The average Bonchev–Trinajstić information content (AvgIpc) is 3.64. The van der Waals surface area contributed by atoms with Gasteiger partial charge in [-0.1, -0.05) is 83.7 Å². The van der Waals surface area contributed by atoms with Crippen molar-refractivity contribution in [1.82, 2.24) is 20.6 Å². The van der Waals surface area contributed by atoms with E-state index in [0.29, 0.717) is 10.7 Å². The number of nitrogens with zero attached hydrogens (tertiary/aromatic N) is 2. The highest BCUT2D eigenvalue weighted by Gasteiger charge is 2.30. The number of esters is 1. The fourth-order valence-electron chi connectivity index (χ4n) is 7.63. The third-order valence-corrected chi connectivity index (χ3v) is 12.2. The molecule has 1 saturated carbocycles. The second-order valence-electron chi connectivity index (χ2n) is 17.2. The van der Waals surface area contributed by atoms with Crippen molar-refractivity contribution in [3.8, 4) is 11.4 Å². The Morgan fingerprint density at radius 1 is 0.868 bits per heavy atom. The summed E-state index contributed by atoms with van der Waals surface area (Å²) in [5, 5.41) is 5.68. The average molecular weight is 741 g/mol. The van der Waals surface area contributed by atoms with E-state index in [-0.39, 0.29) is 17.7 Å². The summed E-state index contributed by atoms with van der Waals surface area (Å²) >= 11 is 1.41. The molecule has 0 radical (unpaired) electrons. The maximum absolute atomic E-state index is 13.6. The van der Waals surface area contributed by atoms with Crippen molar-refractivity contribution in [2.45, 2.75) is 143 Å². The van der Waals surface area contributed by atoms with Gasteiger partial charge in [0.2, 0.25) is 5.91 Å². The van der Waals surface area contributed by atoms with Gasteiger partial charge < -0.3 is 15.4 Å². The molecule has 2 N–H and O–H groups in total. The van der Waals surface area contributed by atoms with Gasteiger partial charge in [-0.15, -0.1) is 11.3 Å². The smallest absolute Gasteiger partial charge is 0.328 e. The van der Waals surface area contributed by atoms with Crippen LogP contribution in [0, 0.1) is 17.8 Å². The summed E-state index contributed by atoms with van der Waals surface area (Å²) < 4.78 is 5.46. The zero-order valence-electron chi connectivity index (χ0n) is 33.1. The van der Waals surface area contributed by atoms with Gasteiger partial charge >= 0.3 is 5.97 Å². The minimum atomic E-state index is -0.923. The fraction of sp³-hybridized carbons (Fsp3) is 0.568. The van der Waals surface area contributed by atoms with E-state index in [1.807, 2.05) is 42.7 Å². The molecule has 2 aromatic heterocycles. The minimum Gasteiger partial charge on any atom is -0.458 e. The fourth-order valence-corrected chi connectivity index (χ4v) is 8.60. The number of amides is 2. The first kappa shape index (κ1) is 40.3. The van der Waals surface area contributed by atoms with Gasteiger partial charge in [-0.25, -0.2) is 14.8 Å². The molecule has 0 spiro atoms. The van der Waals surface area contributed by atoms with Crippen molar-refractivity contribution in [2.24, 2.45) is 17.8 Å². The molecule has 9 heteroatoms. The first-order valence-corrected chi connectivity index (χ1v) is 20.5. The molecule has 1 fully saturated rings. The molecule has 286 valence electrons. The van der Waals surface area contributed by atoms with E-state index < -0.39 is 29.6 Å². The lowest BCUT2D eigenvalue weighted by Crippen LogP contribution is -2.52. The zero-order valence-corrected chi connectivity index (χ0v) is 33.9. The van der Waals surface area contributed by atoms with Gasteiger partial charge in [-0.05, 0) is 106 Å². The van der Waals surface area contributed by atoms with Crippen molar-refractivity contribution in [3.05, 3.63) is 75.7 Å². The van der Waals surface area contributed by atoms with Crippen LogP contribution in [0.3, 0.4) is 0 Å². The molecule has 53 heavy (non-hydrogen) atoms. The maximum atomic E-state index is 13.6. The number of thiophene rings is 1. The molecule has 2 aliphatic rings. The van der Waals surface area contributed by atoms with Gasteiger partial charge in [0.15, 0.2) is 5.82 Å². The van der Waals surface area contributed by atoms with Crippen LogP contribution < -0.4 is 10.6 Å². The molecule has 0 aliphatic heterocycles. The Balaban J connectivity index is 1.23. The van der Waals surface area contributed by atoms with E-state index in [9.17, 15) is 14.4 Å². The van der Waals surface area contributed by atoms with Gasteiger partial charge in [0.05, 0.1) is 4.88 Å².